The van der Waals surface area contributed by atoms with Crippen LogP contribution in [0, 0.1) is 0 Å². The SMILES string of the molecule is CCCCCCCCCCCCCCCCOP(=O)(O)O[C@@H]1CCC[C@H]1[N+](C)(C)C. The first-order valence-corrected chi connectivity index (χ1v) is 14.2. The minimum absolute atomic E-state index is 0.183. The Balaban J connectivity index is 1.95. The number of hydrogen-bond acceptors (Lipinski definition) is 3. The molecule has 3 atom stereocenters. The normalized spacial score (nSPS) is 21.8. The van der Waals surface area contributed by atoms with Gasteiger partial charge in [0.15, 0.2) is 0 Å². The maximum atomic E-state index is 12.3. The van der Waals surface area contributed by atoms with Crippen molar-refractivity contribution in [3.63, 3.8) is 0 Å². The molecule has 1 unspecified atom stereocenters. The van der Waals surface area contributed by atoms with Gasteiger partial charge >= 0.3 is 7.82 Å². The molecule has 0 aromatic carbocycles. The molecule has 0 bridgehead atoms. The molecule has 6 heteroatoms. The average Bonchev–Trinajstić information content (AvgIpc) is 3.12. The molecule has 1 fully saturated rings. The molecule has 0 radical (unpaired) electrons. The van der Waals surface area contributed by atoms with Gasteiger partial charge in [0.25, 0.3) is 0 Å². The van der Waals surface area contributed by atoms with Crippen molar-refractivity contribution in [1.82, 2.24) is 0 Å². The predicted octanol–water partition coefficient (Wildman–Crippen LogP) is 7.23. The third-order valence-electron chi connectivity index (χ3n) is 6.43. The molecular weight excluding hydrogens is 397 g/mol. The van der Waals surface area contributed by atoms with Crippen LogP contribution < -0.4 is 0 Å². The maximum Gasteiger partial charge on any atom is 0.472 e. The predicted molar refractivity (Wildman–Crippen MR) is 127 cm³/mol. The van der Waals surface area contributed by atoms with Crippen LogP contribution in [-0.2, 0) is 13.6 Å². The number of nitrogens with zero attached hydrogens (tertiary/aromatic N) is 1. The van der Waals surface area contributed by atoms with Crippen LogP contribution in [0.5, 0.6) is 0 Å². The van der Waals surface area contributed by atoms with Crippen LogP contribution >= 0.6 is 7.82 Å². The van der Waals surface area contributed by atoms with E-state index in [0.717, 1.165) is 36.6 Å². The zero-order chi connectivity index (χ0) is 22.3. The lowest BCUT2D eigenvalue weighted by atomic mass is 10.0. The number of phosphoric ester groups is 1. The Bertz CT molecular complexity index is 467. The summed E-state index contributed by atoms with van der Waals surface area (Å²) in [5.74, 6) is 0. The second-order valence-corrected chi connectivity index (χ2v) is 11.6. The fourth-order valence-corrected chi connectivity index (χ4v) is 5.60. The molecule has 5 nitrogen and oxygen atoms in total. The lowest BCUT2D eigenvalue weighted by Gasteiger charge is -2.35. The van der Waals surface area contributed by atoms with Crippen LogP contribution in [0.15, 0.2) is 0 Å². The summed E-state index contributed by atoms with van der Waals surface area (Å²) in [6, 6.07) is 0.259. The average molecular weight is 449 g/mol. The van der Waals surface area contributed by atoms with E-state index < -0.39 is 7.82 Å². The first-order valence-electron chi connectivity index (χ1n) is 12.7. The molecule has 1 N–H and O–H groups in total. The fraction of sp³-hybridized carbons (Fsp3) is 1.00. The van der Waals surface area contributed by atoms with Crippen molar-refractivity contribution < 1.29 is 23.0 Å². The van der Waals surface area contributed by atoms with Crippen molar-refractivity contribution in [3.8, 4) is 0 Å². The van der Waals surface area contributed by atoms with Crippen LogP contribution in [-0.4, -0.2) is 49.3 Å². The van der Waals surface area contributed by atoms with Gasteiger partial charge in [-0.3, -0.25) is 9.05 Å². The number of quaternary nitrogens is 1. The topological polar surface area (TPSA) is 55.8 Å². The molecule has 0 aromatic heterocycles. The quantitative estimate of drug-likeness (QED) is 0.129. The molecule has 0 saturated heterocycles. The Labute approximate surface area is 187 Å². The van der Waals surface area contributed by atoms with Gasteiger partial charge in [0.2, 0.25) is 0 Å². The van der Waals surface area contributed by atoms with Gasteiger partial charge in [-0.1, -0.05) is 90.4 Å². The highest BCUT2D eigenvalue weighted by Gasteiger charge is 2.42. The van der Waals surface area contributed by atoms with Gasteiger partial charge in [0.1, 0.15) is 12.1 Å². The summed E-state index contributed by atoms with van der Waals surface area (Å²) in [5, 5.41) is 0. The highest BCUT2D eigenvalue weighted by atomic mass is 31.2. The minimum Gasteiger partial charge on any atom is -0.326 e. The van der Waals surface area contributed by atoms with E-state index in [1.807, 2.05) is 0 Å². The van der Waals surface area contributed by atoms with Gasteiger partial charge in [-0.25, -0.2) is 4.57 Å². The molecule has 0 heterocycles. The molecule has 0 spiro atoms. The molecule has 0 aromatic rings. The summed E-state index contributed by atoms with van der Waals surface area (Å²) in [4.78, 5) is 10.1. The van der Waals surface area contributed by atoms with Gasteiger partial charge in [0.05, 0.1) is 27.7 Å². The van der Waals surface area contributed by atoms with E-state index in [-0.39, 0.29) is 12.1 Å². The maximum absolute atomic E-state index is 12.3. The van der Waals surface area contributed by atoms with Crippen molar-refractivity contribution in [1.29, 1.82) is 0 Å². The summed E-state index contributed by atoms with van der Waals surface area (Å²) in [7, 11) is 2.40. The van der Waals surface area contributed by atoms with Crippen molar-refractivity contribution in [3.05, 3.63) is 0 Å². The molecule has 0 aliphatic heterocycles. The van der Waals surface area contributed by atoms with Crippen molar-refractivity contribution >= 4 is 7.82 Å². The Kier molecular flexibility index (Phi) is 14.8. The van der Waals surface area contributed by atoms with Gasteiger partial charge in [0, 0.05) is 6.42 Å². The van der Waals surface area contributed by atoms with Crippen molar-refractivity contribution in [2.24, 2.45) is 0 Å². The first-order chi connectivity index (χ1) is 14.3. The lowest BCUT2D eigenvalue weighted by molar-refractivity contribution is -0.898. The molecule has 30 heavy (non-hydrogen) atoms. The van der Waals surface area contributed by atoms with Crippen LogP contribution in [0.1, 0.15) is 116 Å². The smallest absolute Gasteiger partial charge is 0.326 e. The monoisotopic (exact) mass is 448 g/mol. The van der Waals surface area contributed by atoms with E-state index in [1.54, 1.807) is 0 Å². The zero-order valence-corrected chi connectivity index (χ0v) is 21.3. The van der Waals surface area contributed by atoms with Crippen LogP contribution in [0.4, 0.5) is 0 Å². The second kappa shape index (κ2) is 15.8. The van der Waals surface area contributed by atoms with Gasteiger partial charge in [-0.2, -0.15) is 0 Å². The molecule has 180 valence electrons. The number of rotatable bonds is 19. The van der Waals surface area contributed by atoms with E-state index in [1.165, 1.54) is 77.0 Å². The summed E-state index contributed by atoms with van der Waals surface area (Å²) in [6.07, 6.45) is 20.9. The van der Waals surface area contributed by atoms with Crippen LogP contribution in [0.2, 0.25) is 0 Å². The highest BCUT2D eigenvalue weighted by Crippen LogP contribution is 2.48. The fourth-order valence-electron chi connectivity index (χ4n) is 4.59. The Morgan fingerprint density at radius 1 is 0.800 bits per heavy atom. The van der Waals surface area contributed by atoms with Gasteiger partial charge in [-0.15, -0.1) is 0 Å². The minimum atomic E-state index is -3.95. The highest BCUT2D eigenvalue weighted by molar-refractivity contribution is 7.47. The lowest BCUT2D eigenvalue weighted by Crippen LogP contribution is -2.49. The number of unbranched alkanes of at least 4 members (excludes halogenated alkanes) is 13. The van der Waals surface area contributed by atoms with Gasteiger partial charge in [-0.05, 0) is 19.3 Å². The van der Waals surface area contributed by atoms with Crippen LogP contribution in [0.3, 0.4) is 0 Å². The third-order valence-corrected chi connectivity index (χ3v) is 7.48. The summed E-state index contributed by atoms with van der Waals surface area (Å²) < 4.78 is 23.8. The summed E-state index contributed by atoms with van der Waals surface area (Å²) in [6.45, 7) is 2.58. The molecule has 1 aliphatic carbocycles. The first kappa shape index (κ1) is 28.1. The molecule has 1 saturated carbocycles. The van der Waals surface area contributed by atoms with E-state index in [2.05, 4.69) is 28.1 Å². The number of hydrogen-bond donors (Lipinski definition) is 1. The second-order valence-electron chi connectivity index (χ2n) is 10.2. The molecule has 1 rings (SSSR count). The summed E-state index contributed by atoms with van der Waals surface area (Å²) >= 11 is 0. The summed E-state index contributed by atoms with van der Waals surface area (Å²) in [5.41, 5.74) is 0. The molecule has 1 aliphatic rings. The Morgan fingerprint density at radius 2 is 1.27 bits per heavy atom. The van der Waals surface area contributed by atoms with E-state index in [0.29, 0.717) is 6.61 Å². The molecular formula is C24H51NO4P+. The van der Waals surface area contributed by atoms with Crippen LogP contribution in [0.25, 0.3) is 0 Å². The van der Waals surface area contributed by atoms with E-state index in [9.17, 15) is 9.46 Å². The van der Waals surface area contributed by atoms with E-state index >= 15 is 0 Å². The largest absolute Gasteiger partial charge is 0.472 e. The standard InChI is InChI=1S/C24H50NO4P/c1-5-6-7-8-9-10-11-12-13-14-15-16-17-18-22-28-30(26,27)29-24-21-19-20-23(24)25(2,3)4/h23-24H,5-22H2,1-4H3/p+1/t23-,24-/m1/s1. The third kappa shape index (κ3) is 13.5. The zero-order valence-electron chi connectivity index (χ0n) is 20.4. The number of likely N-dealkylation sites (N-methyl/N-ethyl adjacent to an activating group) is 1. The van der Waals surface area contributed by atoms with Crippen molar-refractivity contribution in [2.45, 2.75) is 128 Å². The molecule has 0 amide bonds. The van der Waals surface area contributed by atoms with E-state index in [4.69, 9.17) is 9.05 Å². The Morgan fingerprint density at radius 3 is 1.73 bits per heavy atom. The van der Waals surface area contributed by atoms with Gasteiger partial charge < -0.3 is 9.38 Å². The van der Waals surface area contributed by atoms with Crippen molar-refractivity contribution in [2.75, 3.05) is 27.7 Å². The number of phosphoric acid groups is 1. The Hall–Kier alpha value is 0.0700.